The molecule has 0 bridgehead atoms. The van der Waals surface area contributed by atoms with E-state index >= 15 is 0 Å². The summed E-state index contributed by atoms with van der Waals surface area (Å²) in [4.78, 5) is 21.1. The normalized spacial score (nSPS) is 9.79. The average Bonchev–Trinajstić information content (AvgIpc) is 2.14. The van der Waals surface area contributed by atoms with E-state index in [4.69, 9.17) is 5.11 Å². The van der Waals surface area contributed by atoms with E-state index in [1.54, 1.807) is 18.2 Å². The minimum atomic E-state index is -0.974. The third kappa shape index (κ3) is 2.42. The first kappa shape index (κ1) is 10.9. The van der Waals surface area contributed by atoms with Crippen molar-refractivity contribution in [3.8, 4) is 0 Å². The van der Waals surface area contributed by atoms with Crippen LogP contribution in [0.15, 0.2) is 22.7 Å². The minimum absolute atomic E-state index is 0.245. The Balaban J connectivity index is 3.07. The number of carbonyl (C=O) groups excluding carboxylic acids is 1. The number of hydrogen-bond acceptors (Lipinski definition) is 2. The number of aldehydes is 1. The molecule has 3 nitrogen and oxygen atoms in total. The Kier molecular flexibility index (Phi) is 3.83. The highest BCUT2D eigenvalue weighted by atomic mass is 79.9. The molecule has 0 aliphatic carbocycles. The van der Waals surface area contributed by atoms with Crippen LogP contribution in [0.4, 0.5) is 0 Å². The van der Waals surface area contributed by atoms with Crippen LogP contribution in [0.3, 0.4) is 0 Å². The van der Waals surface area contributed by atoms with E-state index in [0.29, 0.717) is 22.9 Å². The molecule has 0 radical (unpaired) electrons. The van der Waals surface area contributed by atoms with E-state index in [1.165, 1.54) is 0 Å². The Hall–Kier alpha value is -1.16. The summed E-state index contributed by atoms with van der Waals surface area (Å²) in [5.41, 5.74) is 0.924. The van der Waals surface area contributed by atoms with E-state index in [-0.39, 0.29) is 5.56 Å². The van der Waals surface area contributed by atoms with Gasteiger partial charge in [0.25, 0.3) is 0 Å². The molecule has 14 heavy (non-hydrogen) atoms. The predicted molar refractivity (Wildman–Crippen MR) is 55.5 cm³/mol. The van der Waals surface area contributed by atoms with Gasteiger partial charge in [-0.2, -0.15) is 0 Å². The largest absolute Gasteiger partial charge is 0.478 e. The molecular weight excluding hydrogens is 248 g/mol. The molecule has 74 valence electrons. The van der Waals surface area contributed by atoms with Crippen molar-refractivity contribution in [2.75, 3.05) is 0 Å². The molecular formula is C10H9BrO3. The summed E-state index contributed by atoms with van der Waals surface area (Å²) in [6.07, 6.45) is 1.59. The molecule has 0 heterocycles. The molecule has 0 saturated carbocycles. The second-order valence-corrected chi connectivity index (χ2v) is 3.64. The van der Waals surface area contributed by atoms with Crippen LogP contribution in [-0.2, 0) is 11.2 Å². The van der Waals surface area contributed by atoms with Gasteiger partial charge in [-0.1, -0.05) is 12.1 Å². The van der Waals surface area contributed by atoms with Crippen LogP contribution in [-0.4, -0.2) is 17.4 Å². The number of carbonyl (C=O) groups is 2. The molecule has 0 aliphatic heterocycles. The Bertz CT molecular complexity index is 360. The van der Waals surface area contributed by atoms with Crippen molar-refractivity contribution < 1.29 is 14.7 Å². The van der Waals surface area contributed by atoms with Gasteiger partial charge in [0.2, 0.25) is 0 Å². The van der Waals surface area contributed by atoms with Gasteiger partial charge in [-0.05, 0) is 34.0 Å². The summed E-state index contributed by atoms with van der Waals surface area (Å²) in [5.74, 6) is -0.974. The van der Waals surface area contributed by atoms with Crippen LogP contribution in [0.25, 0.3) is 0 Å². The number of halogens is 1. The lowest BCUT2D eigenvalue weighted by Crippen LogP contribution is -2.03. The van der Waals surface area contributed by atoms with E-state index in [1.807, 2.05) is 0 Å². The molecule has 4 heteroatoms. The lowest BCUT2D eigenvalue weighted by molar-refractivity contribution is -0.107. The second-order valence-electron chi connectivity index (χ2n) is 2.78. The number of aromatic carboxylic acids is 1. The fraction of sp³-hybridized carbons (Fsp3) is 0.200. The van der Waals surface area contributed by atoms with Crippen LogP contribution in [0.1, 0.15) is 22.3 Å². The lowest BCUT2D eigenvalue weighted by Gasteiger charge is -2.05. The van der Waals surface area contributed by atoms with Gasteiger partial charge in [-0.3, -0.25) is 0 Å². The zero-order valence-electron chi connectivity index (χ0n) is 7.37. The van der Waals surface area contributed by atoms with E-state index in [9.17, 15) is 9.59 Å². The second kappa shape index (κ2) is 4.91. The van der Waals surface area contributed by atoms with Crippen molar-refractivity contribution >= 4 is 28.2 Å². The summed E-state index contributed by atoms with van der Waals surface area (Å²) in [6.45, 7) is 0. The topological polar surface area (TPSA) is 54.4 Å². The Morgan fingerprint density at radius 1 is 1.50 bits per heavy atom. The predicted octanol–water partition coefficient (Wildman–Crippen LogP) is 2.28. The van der Waals surface area contributed by atoms with Crippen LogP contribution in [0.5, 0.6) is 0 Å². The van der Waals surface area contributed by atoms with Gasteiger partial charge in [0.05, 0.1) is 5.56 Å². The minimum Gasteiger partial charge on any atom is -0.478 e. The van der Waals surface area contributed by atoms with Crippen molar-refractivity contribution in [2.45, 2.75) is 12.8 Å². The number of rotatable bonds is 4. The monoisotopic (exact) mass is 256 g/mol. The molecule has 1 aromatic carbocycles. The van der Waals surface area contributed by atoms with Crippen LogP contribution >= 0.6 is 15.9 Å². The molecule has 0 amide bonds. The van der Waals surface area contributed by atoms with Crippen LogP contribution in [0, 0.1) is 0 Å². The quantitative estimate of drug-likeness (QED) is 0.842. The SMILES string of the molecule is O=CCCc1cccc(Br)c1C(=O)O. The Morgan fingerprint density at radius 2 is 2.21 bits per heavy atom. The number of carboxylic acid groups (broad SMARTS) is 1. The zero-order chi connectivity index (χ0) is 10.6. The first-order chi connectivity index (χ1) is 6.66. The van der Waals surface area contributed by atoms with Gasteiger partial charge in [0.1, 0.15) is 6.29 Å². The van der Waals surface area contributed by atoms with Crippen molar-refractivity contribution in [2.24, 2.45) is 0 Å². The summed E-state index contributed by atoms with van der Waals surface area (Å²) < 4.78 is 0.549. The highest BCUT2D eigenvalue weighted by molar-refractivity contribution is 9.10. The maximum atomic E-state index is 10.9. The molecule has 0 aromatic heterocycles. The molecule has 0 aliphatic rings. The lowest BCUT2D eigenvalue weighted by atomic mass is 10.0. The number of aryl methyl sites for hydroxylation is 1. The average molecular weight is 257 g/mol. The number of hydrogen-bond donors (Lipinski definition) is 1. The summed E-state index contributed by atoms with van der Waals surface area (Å²) >= 11 is 3.17. The number of carboxylic acids is 1. The smallest absolute Gasteiger partial charge is 0.337 e. The highest BCUT2D eigenvalue weighted by Gasteiger charge is 2.12. The van der Waals surface area contributed by atoms with Gasteiger partial charge in [-0.25, -0.2) is 4.79 Å². The third-order valence-electron chi connectivity index (χ3n) is 1.85. The zero-order valence-corrected chi connectivity index (χ0v) is 8.95. The van der Waals surface area contributed by atoms with Crippen molar-refractivity contribution in [3.63, 3.8) is 0 Å². The van der Waals surface area contributed by atoms with Gasteiger partial charge < -0.3 is 9.90 Å². The van der Waals surface area contributed by atoms with E-state index in [2.05, 4.69) is 15.9 Å². The molecule has 1 rings (SSSR count). The summed E-state index contributed by atoms with van der Waals surface area (Å²) in [7, 11) is 0. The van der Waals surface area contributed by atoms with Gasteiger partial charge in [-0.15, -0.1) is 0 Å². The van der Waals surface area contributed by atoms with Crippen LogP contribution < -0.4 is 0 Å². The molecule has 0 atom stereocenters. The maximum Gasteiger partial charge on any atom is 0.337 e. The first-order valence-corrected chi connectivity index (χ1v) is 4.90. The van der Waals surface area contributed by atoms with Gasteiger partial charge in [0.15, 0.2) is 0 Å². The third-order valence-corrected chi connectivity index (χ3v) is 2.51. The van der Waals surface area contributed by atoms with Crippen molar-refractivity contribution in [3.05, 3.63) is 33.8 Å². The molecule has 1 aromatic rings. The fourth-order valence-electron chi connectivity index (χ4n) is 1.23. The Labute approximate surface area is 89.9 Å². The molecule has 1 N–H and O–H groups in total. The van der Waals surface area contributed by atoms with Gasteiger partial charge >= 0.3 is 5.97 Å². The molecule has 0 fully saturated rings. The molecule has 0 saturated heterocycles. The van der Waals surface area contributed by atoms with Crippen molar-refractivity contribution in [1.82, 2.24) is 0 Å². The highest BCUT2D eigenvalue weighted by Crippen LogP contribution is 2.21. The van der Waals surface area contributed by atoms with E-state index < -0.39 is 5.97 Å². The van der Waals surface area contributed by atoms with Crippen LogP contribution in [0.2, 0.25) is 0 Å². The standard InChI is InChI=1S/C10H9BrO3/c11-8-5-1-3-7(4-2-6-12)9(8)10(13)14/h1,3,5-6H,2,4H2,(H,13,14). The summed E-state index contributed by atoms with van der Waals surface area (Å²) in [5, 5.41) is 8.93. The Morgan fingerprint density at radius 3 is 2.79 bits per heavy atom. The fourth-order valence-corrected chi connectivity index (χ4v) is 1.81. The van der Waals surface area contributed by atoms with Gasteiger partial charge in [0, 0.05) is 10.9 Å². The first-order valence-electron chi connectivity index (χ1n) is 4.11. The molecule has 0 spiro atoms. The van der Waals surface area contributed by atoms with E-state index in [0.717, 1.165) is 6.29 Å². The molecule has 0 unspecified atom stereocenters. The summed E-state index contributed by atoms with van der Waals surface area (Å²) in [6, 6.07) is 5.15. The number of benzene rings is 1. The van der Waals surface area contributed by atoms with Crippen molar-refractivity contribution in [1.29, 1.82) is 0 Å². The maximum absolute atomic E-state index is 10.9.